The van der Waals surface area contributed by atoms with Crippen LogP contribution in [0.2, 0.25) is 0 Å². The van der Waals surface area contributed by atoms with Gasteiger partial charge in [-0.1, -0.05) is 26.7 Å². The molecule has 2 aliphatic rings. The van der Waals surface area contributed by atoms with Gasteiger partial charge in [0.2, 0.25) is 0 Å². The molecule has 3 atom stereocenters. The lowest BCUT2D eigenvalue weighted by molar-refractivity contribution is -0.0863. The van der Waals surface area contributed by atoms with Gasteiger partial charge in [0.05, 0.1) is 6.10 Å². The molecule has 0 aromatic heterocycles. The van der Waals surface area contributed by atoms with E-state index in [-0.39, 0.29) is 0 Å². The summed E-state index contributed by atoms with van der Waals surface area (Å²) in [5.41, 5.74) is 0.726. The van der Waals surface area contributed by atoms with E-state index in [0.29, 0.717) is 23.0 Å². The molecule has 2 saturated heterocycles. The highest BCUT2D eigenvalue weighted by molar-refractivity contribution is 4.97. The van der Waals surface area contributed by atoms with Crippen LogP contribution in [0.5, 0.6) is 0 Å². The van der Waals surface area contributed by atoms with Crippen molar-refractivity contribution >= 4 is 0 Å². The highest BCUT2D eigenvalue weighted by Gasteiger charge is 2.45. The van der Waals surface area contributed by atoms with Crippen molar-refractivity contribution in [1.29, 1.82) is 0 Å². The van der Waals surface area contributed by atoms with Gasteiger partial charge in [0, 0.05) is 12.1 Å². The SMILES string of the molecule is CC1CC(C)(C(C)C(C)(C)N2CCCCCC2)CCO1. The normalized spacial score (nSPS) is 35.5. The maximum absolute atomic E-state index is 5.79. The summed E-state index contributed by atoms with van der Waals surface area (Å²) in [5, 5.41) is 0. The van der Waals surface area contributed by atoms with E-state index in [2.05, 4.69) is 39.5 Å². The number of hydrogen-bond donors (Lipinski definition) is 0. The lowest BCUT2D eigenvalue weighted by atomic mass is 9.63. The Morgan fingerprint density at radius 1 is 1.15 bits per heavy atom. The number of hydrogen-bond acceptors (Lipinski definition) is 2. The van der Waals surface area contributed by atoms with Gasteiger partial charge in [-0.25, -0.2) is 0 Å². The predicted octanol–water partition coefficient (Wildman–Crippen LogP) is 4.48. The third kappa shape index (κ3) is 3.39. The Bertz CT molecular complexity index is 307. The zero-order valence-corrected chi connectivity index (χ0v) is 14.4. The standard InChI is InChI=1S/C18H35NO/c1-15-14-18(5,10-13-20-15)16(2)17(3,4)19-11-8-6-7-9-12-19/h15-16H,6-14H2,1-5H3. The maximum Gasteiger partial charge on any atom is 0.0552 e. The van der Waals surface area contributed by atoms with E-state index in [9.17, 15) is 0 Å². The Hall–Kier alpha value is -0.0800. The second-order valence-corrected chi connectivity index (χ2v) is 8.07. The van der Waals surface area contributed by atoms with E-state index in [4.69, 9.17) is 4.74 Å². The number of likely N-dealkylation sites (tertiary alicyclic amines) is 1. The van der Waals surface area contributed by atoms with Crippen molar-refractivity contribution < 1.29 is 4.74 Å². The van der Waals surface area contributed by atoms with E-state index in [1.165, 1.54) is 51.6 Å². The molecule has 118 valence electrons. The molecule has 0 spiro atoms. The summed E-state index contributed by atoms with van der Waals surface area (Å²) in [6.07, 6.45) is 8.46. The highest BCUT2D eigenvalue weighted by Crippen LogP contribution is 2.46. The van der Waals surface area contributed by atoms with Crippen molar-refractivity contribution in [2.24, 2.45) is 11.3 Å². The first-order chi connectivity index (χ1) is 9.36. The summed E-state index contributed by atoms with van der Waals surface area (Å²) in [6, 6.07) is 0. The van der Waals surface area contributed by atoms with Crippen LogP contribution in [-0.2, 0) is 4.74 Å². The van der Waals surface area contributed by atoms with Gasteiger partial charge in [0.25, 0.3) is 0 Å². The number of ether oxygens (including phenoxy) is 1. The van der Waals surface area contributed by atoms with Gasteiger partial charge in [-0.05, 0) is 70.9 Å². The van der Waals surface area contributed by atoms with Crippen molar-refractivity contribution in [2.45, 2.75) is 84.8 Å². The Labute approximate surface area is 126 Å². The van der Waals surface area contributed by atoms with E-state index < -0.39 is 0 Å². The molecule has 3 unspecified atom stereocenters. The molecule has 2 rings (SSSR count). The minimum atomic E-state index is 0.302. The average Bonchev–Trinajstić information content (AvgIpc) is 2.66. The third-order valence-corrected chi connectivity index (χ3v) is 6.36. The van der Waals surface area contributed by atoms with Crippen LogP contribution in [0.25, 0.3) is 0 Å². The second-order valence-electron chi connectivity index (χ2n) is 8.07. The van der Waals surface area contributed by atoms with Crippen LogP contribution in [0, 0.1) is 11.3 Å². The van der Waals surface area contributed by atoms with Gasteiger partial charge < -0.3 is 4.74 Å². The molecule has 2 nitrogen and oxygen atoms in total. The Kier molecular flexibility index (Phi) is 5.18. The van der Waals surface area contributed by atoms with Gasteiger partial charge in [0.1, 0.15) is 0 Å². The minimum Gasteiger partial charge on any atom is -0.378 e. The Morgan fingerprint density at radius 2 is 1.75 bits per heavy atom. The van der Waals surface area contributed by atoms with Crippen LogP contribution >= 0.6 is 0 Å². The predicted molar refractivity (Wildman–Crippen MR) is 86.0 cm³/mol. The van der Waals surface area contributed by atoms with Crippen LogP contribution in [0.15, 0.2) is 0 Å². The molecule has 0 radical (unpaired) electrons. The van der Waals surface area contributed by atoms with E-state index in [1.807, 2.05) is 0 Å². The first-order valence-electron chi connectivity index (χ1n) is 8.73. The Balaban J connectivity index is 2.10. The molecule has 0 bridgehead atoms. The van der Waals surface area contributed by atoms with Crippen molar-refractivity contribution in [1.82, 2.24) is 4.90 Å². The van der Waals surface area contributed by atoms with Crippen molar-refractivity contribution in [3.63, 3.8) is 0 Å². The smallest absolute Gasteiger partial charge is 0.0552 e. The van der Waals surface area contributed by atoms with Gasteiger partial charge in [0.15, 0.2) is 0 Å². The summed E-state index contributed by atoms with van der Waals surface area (Å²) in [5.74, 6) is 0.708. The molecule has 0 aliphatic carbocycles. The van der Waals surface area contributed by atoms with Crippen LogP contribution < -0.4 is 0 Å². The minimum absolute atomic E-state index is 0.302. The molecular weight excluding hydrogens is 246 g/mol. The molecule has 0 aromatic rings. The van der Waals surface area contributed by atoms with Gasteiger partial charge in [-0.15, -0.1) is 0 Å². The molecule has 0 N–H and O–H groups in total. The van der Waals surface area contributed by atoms with E-state index in [1.54, 1.807) is 0 Å². The monoisotopic (exact) mass is 281 g/mol. The Morgan fingerprint density at radius 3 is 2.30 bits per heavy atom. The van der Waals surface area contributed by atoms with Crippen LogP contribution in [0.3, 0.4) is 0 Å². The van der Waals surface area contributed by atoms with Crippen LogP contribution in [-0.4, -0.2) is 36.2 Å². The maximum atomic E-state index is 5.79. The summed E-state index contributed by atoms with van der Waals surface area (Å²) >= 11 is 0. The van der Waals surface area contributed by atoms with Crippen molar-refractivity contribution in [2.75, 3.05) is 19.7 Å². The molecule has 2 fully saturated rings. The molecular formula is C18H35NO. The summed E-state index contributed by atoms with van der Waals surface area (Å²) in [7, 11) is 0. The summed E-state index contributed by atoms with van der Waals surface area (Å²) in [6.45, 7) is 15.7. The molecule has 2 heteroatoms. The molecule has 0 saturated carbocycles. The zero-order valence-electron chi connectivity index (χ0n) is 14.4. The second kappa shape index (κ2) is 6.36. The molecule has 0 amide bonds. The molecule has 20 heavy (non-hydrogen) atoms. The van der Waals surface area contributed by atoms with Crippen LogP contribution in [0.1, 0.15) is 73.1 Å². The number of nitrogens with zero attached hydrogens (tertiary/aromatic N) is 1. The lowest BCUT2D eigenvalue weighted by Crippen LogP contribution is -2.55. The lowest BCUT2D eigenvalue weighted by Gasteiger charge is -2.52. The summed E-state index contributed by atoms with van der Waals surface area (Å²) < 4.78 is 5.79. The third-order valence-electron chi connectivity index (χ3n) is 6.36. The zero-order chi connectivity index (χ0) is 14.8. The fraction of sp³-hybridized carbons (Fsp3) is 1.00. The van der Waals surface area contributed by atoms with E-state index in [0.717, 1.165) is 6.61 Å². The molecule has 0 aromatic carbocycles. The fourth-order valence-corrected chi connectivity index (χ4v) is 4.48. The van der Waals surface area contributed by atoms with Crippen LogP contribution in [0.4, 0.5) is 0 Å². The van der Waals surface area contributed by atoms with E-state index >= 15 is 0 Å². The molecule has 2 aliphatic heterocycles. The van der Waals surface area contributed by atoms with Gasteiger partial charge in [-0.3, -0.25) is 4.90 Å². The fourth-order valence-electron chi connectivity index (χ4n) is 4.48. The average molecular weight is 281 g/mol. The first kappa shape index (κ1) is 16.3. The van der Waals surface area contributed by atoms with Gasteiger partial charge >= 0.3 is 0 Å². The summed E-state index contributed by atoms with van der Waals surface area (Å²) in [4.78, 5) is 2.77. The number of rotatable bonds is 3. The van der Waals surface area contributed by atoms with Crippen molar-refractivity contribution in [3.8, 4) is 0 Å². The topological polar surface area (TPSA) is 12.5 Å². The first-order valence-corrected chi connectivity index (χ1v) is 8.73. The molecule has 2 heterocycles. The quantitative estimate of drug-likeness (QED) is 0.756. The van der Waals surface area contributed by atoms with Gasteiger partial charge in [-0.2, -0.15) is 0 Å². The largest absolute Gasteiger partial charge is 0.378 e. The van der Waals surface area contributed by atoms with Crippen molar-refractivity contribution in [3.05, 3.63) is 0 Å². The highest BCUT2D eigenvalue weighted by atomic mass is 16.5.